The number of thioether (sulfide) groups is 1. The van der Waals surface area contributed by atoms with Crippen molar-refractivity contribution in [2.75, 3.05) is 11.9 Å². The van der Waals surface area contributed by atoms with E-state index in [1.807, 2.05) is 24.2 Å². The highest BCUT2D eigenvalue weighted by atomic mass is 32.2. The maximum absolute atomic E-state index is 4.05. The number of pyridine rings is 1. The summed E-state index contributed by atoms with van der Waals surface area (Å²) in [6, 6.07) is 6.37. The Hall–Kier alpha value is -1.00. The molecule has 0 aliphatic carbocycles. The molecule has 2 aromatic heterocycles. The molecular formula is C11H10N2S2. The van der Waals surface area contributed by atoms with E-state index in [1.54, 1.807) is 11.3 Å². The lowest BCUT2D eigenvalue weighted by atomic mass is 10.2. The summed E-state index contributed by atoms with van der Waals surface area (Å²) >= 11 is 3.72. The molecule has 1 atom stereocenters. The van der Waals surface area contributed by atoms with Crippen molar-refractivity contribution >= 4 is 28.1 Å². The van der Waals surface area contributed by atoms with Crippen molar-refractivity contribution < 1.29 is 0 Å². The smallest absolute Gasteiger partial charge is 0.102 e. The molecule has 3 rings (SSSR count). The number of nitrogens with zero attached hydrogens (tertiary/aromatic N) is 1. The van der Waals surface area contributed by atoms with E-state index in [-0.39, 0.29) is 0 Å². The van der Waals surface area contributed by atoms with Crippen LogP contribution in [-0.4, -0.2) is 11.5 Å². The molecule has 1 unspecified atom stereocenters. The van der Waals surface area contributed by atoms with Crippen LogP contribution in [0.15, 0.2) is 40.9 Å². The lowest BCUT2D eigenvalue weighted by Gasteiger charge is -2.23. The minimum absolute atomic E-state index is 0.509. The first-order valence-corrected chi connectivity index (χ1v) is 6.57. The largest absolute Gasteiger partial charge is 0.375 e. The highest BCUT2D eigenvalue weighted by Crippen LogP contribution is 2.45. The molecule has 1 aliphatic heterocycles. The molecule has 15 heavy (non-hydrogen) atoms. The van der Waals surface area contributed by atoms with Crippen molar-refractivity contribution in [1.29, 1.82) is 0 Å². The molecule has 1 aliphatic rings. The van der Waals surface area contributed by atoms with E-state index in [4.69, 9.17) is 0 Å². The van der Waals surface area contributed by atoms with E-state index in [0.29, 0.717) is 5.25 Å². The third kappa shape index (κ3) is 1.75. The van der Waals surface area contributed by atoms with Gasteiger partial charge >= 0.3 is 0 Å². The average molecular weight is 234 g/mol. The molecule has 2 aromatic rings. The Balaban J connectivity index is 1.88. The predicted molar refractivity (Wildman–Crippen MR) is 65.6 cm³/mol. The third-order valence-corrected chi connectivity index (χ3v) is 4.74. The Morgan fingerprint density at radius 3 is 3.00 bits per heavy atom. The Kier molecular flexibility index (Phi) is 2.38. The van der Waals surface area contributed by atoms with Crippen LogP contribution < -0.4 is 5.32 Å². The summed E-state index contributed by atoms with van der Waals surface area (Å²) in [5.74, 6) is 0. The number of hydrogen-bond donors (Lipinski definition) is 1. The SMILES string of the molecule is c1cc(C2CNc3sccc3S2)ccn1. The van der Waals surface area contributed by atoms with Gasteiger partial charge in [-0.15, -0.1) is 23.1 Å². The number of anilines is 1. The van der Waals surface area contributed by atoms with Gasteiger partial charge in [0, 0.05) is 23.8 Å². The second-order valence-electron chi connectivity index (χ2n) is 3.38. The van der Waals surface area contributed by atoms with Gasteiger partial charge in [-0.1, -0.05) is 0 Å². The van der Waals surface area contributed by atoms with Gasteiger partial charge in [-0.2, -0.15) is 0 Å². The molecule has 0 saturated heterocycles. The molecule has 0 spiro atoms. The van der Waals surface area contributed by atoms with Crippen LogP contribution >= 0.6 is 23.1 Å². The standard InChI is InChI=1S/C11H10N2S2/c1-4-12-5-2-8(1)10-7-13-11-9(15-10)3-6-14-11/h1-6,10,13H,7H2. The molecule has 3 heterocycles. The fourth-order valence-corrected chi connectivity index (χ4v) is 3.82. The van der Waals surface area contributed by atoms with E-state index in [1.165, 1.54) is 15.5 Å². The number of aromatic nitrogens is 1. The minimum atomic E-state index is 0.509. The topological polar surface area (TPSA) is 24.9 Å². The molecule has 4 heteroatoms. The van der Waals surface area contributed by atoms with E-state index in [0.717, 1.165) is 6.54 Å². The summed E-state index contributed by atoms with van der Waals surface area (Å²) in [6.07, 6.45) is 3.72. The van der Waals surface area contributed by atoms with Gasteiger partial charge in [0.05, 0.1) is 5.25 Å². The Morgan fingerprint density at radius 2 is 2.13 bits per heavy atom. The van der Waals surface area contributed by atoms with Crippen molar-refractivity contribution in [3.8, 4) is 0 Å². The quantitative estimate of drug-likeness (QED) is 0.818. The van der Waals surface area contributed by atoms with Crippen LogP contribution in [0, 0.1) is 0 Å². The lowest BCUT2D eigenvalue weighted by Crippen LogP contribution is -2.13. The van der Waals surface area contributed by atoms with Crippen LogP contribution in [0.5, 0.6) is 0 Å². The third-order valence-electron chi connectivity index (χ3n) is 2.42. The van der Waals surface area contributed by atoms with E-state index >= 15 is 0 Å². The van der Waals surface area contributed by atoms with Crippen molar-refractivity contribution in [3.63, 3.8) is 0 Å². The molecule has 0 bridgehead atoms. The summed E-state index contributed by atoms with van der Waals surface area (Å²) in [6.45, 7) is 1.00. The number of hydrogen-bond acceptors (Lipinski definition) is 4. The van der Waals surface area contributed by atoms with Gasteiger partial charge in [0.15, 0.2) is 0 Å². The molecule has 1 N–H and O–H groups in total. The van der Waals surface area contributed by atoms with Gasteiger partial charge in [-0.25, -0.2) is 0 Å². The average Bonchev–Trinajstić information content (AvgIpc) is 2.77. The normalized spacial score (nSPS) is 19.3. The molecule has 0 radical (unpaired) electrons. The van der Waals surface area contributed by atoms with E-state index in [2.05, 4.69) is 33.9 Å². The zero-order valence-electron chi connectivity index (χ0n) is 8.01. The first-order valence-electron chi connectivity index (χ1n) is 4.81. The molecule has 76 valence electrons. The van der Waals surface area contributed by atoms with E-state index < -0.39 is 0 Å². The first-order chi connectivity index (χ1) is 7.43. The second kappa shape index (κ2) is 3.87. The molecule has 0 amide bonds. The van der Waals surface area contributed by atoms with Crippen LogP contribution in [0.3, 0.4) is 0 Å². The highest BCUT2D eigenvalue weighted by Gasteiger charge is 2.20. The first kappa shape index (κ1) is 9.24. The molecule has 0 fully saturated rings. The molecule has 0 saturated carbocycles. The van der Waals surface area contributed by atoms with Gasteiger partial charge < -0.3 is 5.32 Å². The molecular weight excluding hydrogens is 224 g/mol. The Morgan fingerprint density at radius 1 is 1.27 bits per heavy atom. The van der Waals surface area contributed by atoms with Crippen LogP contribution in [0.2, 0.25) is 0 Å². The fourth-order valence-electron chi connectivity index (χ4n) is 1.66. The van der Waals surface area contributed by atoms with Gasteiger partial charge in [0.25, 0.3) is 0 Å². The number of fused-ring (bicyclic) bond motifs is 1. The zero-order chi connectivity index (χ0) is 10.1. The van der Waals surface area contributed by atoms with Gasteiger partial charge in [0.2, 0.25) is 0 Å². The maximum Gasteiger partial charge on any atom is 0.102 e. The van der Waals surface area contributed by atoms with Crippen molar-refractivity contribution in [3.05, 3.63) is 41.5 Å². The summed E-state index contributed by atoms with van der Waals surface area (Å²) in [5.41, 5.74) is 1.35. The summed E-state index contributed by atoms with van der Waals surface area (Å²) in [4.78, 5) is 5.42. The summed E-state index contributed by atoms with van der Waals surface area (Å²) in [7, 11) is 0. The molecule has 2 nitrogen and oxygen atoms in total. The Bertz CT molecular complexity index is 453. The lowest BCUT2D eigenvalue weighted by molar-refractivity contribution is 0.967. The van der Waals surface area contributed by atoms with Gasteiger partial charge in [-0.3, -0.25) is 4.98 Å². The van der Waals surface area contributed by atoms with Gasteiger partial charge in [-0.05, 0) is 29.1 Å². The predicted octanol–water partition coefficient (Wildman–Crippen LogP) is 3.40. The van der Waals surface area contributed by atoms with Gasteiger partial charge in [0.1, 0.15) is 5.00 Å². The monoisotopic (exact) mass is 234 g/mol. The summed E-state index contributed by atoms with van der Waals surface area (Å²) < 4.78 is 0. The summed E-state index contributed by atoms with van der Waals surface area (Å²) in [5, 5.41) is 7.43. The van der Waals surface area contributed by atoms with Crippen molar-refractivity contribution in [1.82, 2.24) is 4.98 Å². The van der Waals surface area contributed by atoms with Crippen LogP contribution in [0.4, 0.5) is 5.00 Å². The van der Waals surface area contributed by atoms with Crippen molar-refractivity contribution in [2.45, 2.75) is 10.1 Å². The van der Waals surface area contributed by atoms with Crippen LogP contribution in [0.25, 0.3) is 0 Å². The number of thiophene rings is 1. The Labute approximate surface area is 96.7 Å². The van der Waals surface area contributed by atoms with Crippen LogP contribution in [-0.2, 0) is 0 Å². The minimum Gasteiger partial charge on any atom is -0.375 e. The zero-order valence-corrected chi connectivity index (χ0v) is 9.65. The molecule has 0 aromatic carbocycles. The van der Waals surface area contributed by atoms with Crippen LogP contribution in [0.1, 0.15) is 10.8 Å². The second-order valence-corrected chi connectivity index (χ2v) is 5.54. The van der Waals surface area contributed by atoms with Crippen molar-refractivity contribution in [2.24, 2.45) is 0 Å². The fraction of sp³-hybridized carbons (Fsp3) is 0.182. The maximum atomic E-state index is 4.05. The highest BCUT2D eigenvalue weighted by molar-refractivity contribution is 8.00. The number of nitrogens with one attached hydrogen (secondary N) is 1. The number of rotatable bonds is 1. The van der Waals surface area contributed by atoms with E-state index in [9.17, 15) is 0 Å².